The third-order valence-electron chi connectivity index (χ3n) is 1.74. The maximum Gasteiger partial charge on any atom is 0.220 e. The highest BCUT2D eigenvalue weighted by atomic mass is 35.5. The van der Waals surface area contributed by atoms with E-state index in [0.29, 0.717) is 17.1 Å². The molecule has 0 unspecified atom stereocenters. The van der Waals surface area contributed by atoms with Gasteiger partial charge in [0.15, 0.2) is 6.29 Å². The molecule has 5 heteroatoms. The molecule has 0 heterocycles. The molecule has 2 N–H and O–H groups in total. The molecule has 0 atom stereocenters. The van der Waals surface area contributed by atoms with Gasteiger partial charge in [-0.25, -0.2) is 0 Å². The van der Waals surface area contributed by atoms with E-state index in [0.717, 1.165) is 0 Å². The fourth-order valence-electron chi connectivity index (χ4n) is 1.02. The number of rotatable bonds is 5. The minimum atomic E-state index is -0.454. The maximum atomic E-state index is 10.7. The molecular formula is C10H10ClNO3. The van der Waals surface area contributed by atoms with Crippen LogP contribution in [0.15, 0.2) is 18.2 Å². The Morgan fingerprint density at radius 2 is 2.27 bits per heavy atom. The number of benzene rings is 1. The molecule has 0 aliphatic rings. The Labute approximate surface area is 92.0 Å². The summed E-state index contributed by atoms with van der Waals surface area (Å²) in [4.78, 5) is 21.1. The number of hydrogen-bond acceptors (Lipinski definition) is 3. The monoisotopic (exact) mass is 227 g/mol. The number of carbonyl (C=O) groups excluding carboxylic acids is 2. The Bertz CT molecular complexity index is 379. The highest BCUT2D eigenvalue weighted by molar-refractivity contribution is 6.33. The van der Waals surface area contributed by atoms with Crippen molar-refractivity contribution in [3.63, 3.8) is 0 Å². The van der Waals surface area contributed by atoms with Crippen LogP contribution in [-0.2, 0) is 4.79 Å². The number of primary amides is 1. The summed E-state index contributed by atoms with van der Waals surface area (Å²) in [6, 6.07) is 4.86. The van der Waals surface area contributed by atoms with Crippen molar-refractivity contribution in [2.45, 2.75) is 6.42 Å². The number of hydrogen-bond donors (Lipinski definition) is 1. The van der Waals surface area contributed by atoms with Gasteiger partial charge in [0.1, 0.15) is 5.75 Å². The first-order valence-electron chi connectivity index (χ1n) is 4.30. The van der Waals surface area contributed by atoms with Crippen LogP contribution in [0.1, 0.15) is 16.8 Å². The van der Waals surface area contributed by atoms with Gasteiger partial charge < -0.3 is 10.5 Å². The molecule has 80 valence electrons. The Balaban J connectivity index is 2.72. The predicted molar refractivity (Wildman–Crippen MR) is 56.1 cm³/mol. The van der Waals surface area contributed by atoms with Crippen molar-refractivity contribution >= 4 is 23.8 Å². The summed E-state index contributed by atoms with van der Waals surface area (Å²) < 4.78 is 5.20. The minimum Gasteiger partial charge on any atom is -0.492 e. The van der Waals surface area contributed by atoms with E-state index < -0.39 is 5.91 Å². The van der Waals surface area contributed by atoms with Crippen LogP contribution < -0.4 is 10.5 Å². The summed E-state index contributed by atoms with van der Waals surface area (Å²) in [7, 11) is 0. The number of carbonyl (C=O) groups is 2. The molecule has 1 aromatic rings. The van der Waals surface area contributed by atoms with Crippen molar-refractivity contribution in [2.24, 2.45) is 5.73 Å². The molecule has 0 saturated heterocycles. The van der Waals surface area contributed by atoms with Crippen molar-refractivity contribution < 1.29 is 14.3 Å². The van der Waals surface area contributed by atoms with Gasteiger partial charge in [-0.15, -0.1) is 0 Å². The van der Waals surface area contributed by atoms with Gasteiger partial charge in [0.05, 0.1) is 23.6 Å². The van der Waals surface area contributed by atoms with Gasteiger partial charge in [-0.05, 0) is 12.1 Å². The molecule has 4 nitrogen and oxygen atoms in total. The van der Waals surface area contributed by atoms with Crippen LogP contribution in [0, 0.1) is 0 Å². The van der Waals surface area contributed by atoms with E-state index in [1.165, 1.54) is 0 Å². The first-order chi connectivity index (χ1) is 7.15. The molecule has 1 aromatic carbocycles. The van der Waals surface area contributed by atoms with Crippen molar-refractivity contribution in [1.82, 2.24) is 0 Å². The van der Waals surface area contributed by atoms with E-state index in [2.05, 4.69) is 0 Å². The van der Waals surface area contributed by atoms with E-state index in [1.54, 1.807) is 18.2 Å². The summed E-state index contributed by atoms with van der Waals surface area (Å²) in [6.45, 7) is 0.135. The molecular weight excluding hydrogens is 218 g/mol. The fraction of sp³-hybridized carbons (Fsp3) is 0.200. The van der Waals surface area contributed by atoms with E-state index in [-0.39, 0.29) is 18.6 Å². The highest BCUT2D eigenvalue weighted by Gasteiger charge is 2.07. The zero-order valence-corrected chi connectivity index (χ0v) is 8.66. The average Bonchev–Trinajstić information content (AvgIpc) is 2.17. The number of nitrogens with two attached hydrogens (primary N) is 1. The van der Waals surface area contributed by atoms with Gasteiger partial charge in [-0.1, -0.05) is 17.7 Å². The lowest BCUT2D eigenvalue weighted by atomic mass is 10.2. The molecule has 0 spiro atoms. The first-order valence-corrected chi connectivity index (χ1v) is 4.67. The van der Waals surface area contributed by atoms with Crippen LogP contribution >= 0.6 is 11.6 Å². The van der Waals surface area contributed by atoms with E-state index >= 15 is 0 Å². The van der Waals surface area contributed by atoms with E-state index in [4.69, 9.17) is 22.1 Å². The second kappa shape index (κ2) is 5.36. The lowest BCUT2D eigenvalue weighted by molar-refractivity contribution is -0.118. The molecule has 0 aliphatic carbocycles. The lowest BCUT2D eigenvalue weighted by Gasteiger charge is -2.07. The summed E-state index contributed by atoms with van der Waals surface area (Å²) in [5.41, 5.74) is 5.22. The predicted octanol–water partition coefficient (Wildman–Crippen LogP) is 1.41. The number of aldehydes is 1. The van der Waals surface area contributed by atoms with Crippen molar-refractivity contribution in [3.8, 4) is 5.75 Å². The van der Waals surface area contributed by atoms with Gasteiger partial charge >= 0.3 is 0 Å². The van der Waals surface area contributed by atoms with Crippen LogP contribution in [0.5, 0.6) is 5.75 Å². The highest BCUT2D eigenvalue weighted by Crippen LogP contribution is 2.24. The minimum absolute atomic E-state index is 0.102. The summed E-state index contributed by atoms with van der Waals surface area (Å²) in [6.07, 6.45) is 0.715. The molecule has 0 aliphatic heterocycles. The zero-order chi connectivity index (χ0) is 11.3. The molecule has 0 saturated carbocycles. The maximum absolute atomic E-state index is 10.7. The molecule has 0 bridgehead atoms. The van der Waals surface area contributed by atoms with Crippen LogP contribution in [0.3, 0.4) is 0 Å². The lowest BCUT2D eigenvalue weighted by Crippen LogP contribution is -2.14. The first kappa shape index (κ1) is 11.5. The summed E-state index contributed by atoms with van der Waals surface area (Å²) in [5, 5.41) is 0.321. The quantitative estimate of drug-likeness (QED) is 0.774. The van der Waals surface area contributed by atoms with Crippen molar-refractivity contribution in [2.75, 3.05) is 6.61 Å². The molecule has 1 amide bonds. The molecule has 0 fully saturated rings. The van der Waals surface area contributed by atoms with E-state index in [1.807, 2.05) is 0 Å². The van der Waals surface area contributed by atoms with Crippen molar-refractivity contribution in [3.05, 3.63) is 28.8 Å². The molecule has 1 rings (SSSR count). The standard InChI is InChI=1S/C10H10ClNO3/c11-8-2-1-3-9(7(8)6-13)15-5-4-10(12)14/h1-3,6H,4-5H2,(H2,12,14). The SMILES string of the molecule is NC(=O)CCOc1cccc(Cl)c1C=O. The fourth-order valence-corrected chi connectivity index (χ4v) is 1.23. The Morgan fingerprint density at radius 1 is 1.53 bits per heavy atom. The third kappa shape index (κ3) is 3.25. The smallest absolute Gasteiger partial charge is 0.220 e. The normalized spacial score (nSPS) is 9.67. The average molecular weight is 228 g/mol. The van der Waals surface area contributed by atoms with E-state index in [9.17, 15) is 9.59 Å². The van der Waals surface area contributed by atoms with Gasteiger partial charge in [-0.2, -0.15) is 0 Å². The van der Waals surface area contributed by atoms with Crippen molar-refractivity contribution in [1.29, 1.82) is 0 Å². The van der Waals surface area contributed by atoms with Crippen LogP contribution in [0.2, 0.25) is 5.02 Å². The number of amides is 1. The Morgan fingerprint density at radius 3 is 2.87 bits per heavy atom. The Hall–Kier alpha value is -1.55. The molecule has 0 radical (unpaired) electrons. The largest absolute Gasteiger partial charge is 0.492 e. The number of ether oxygens (including phenoxy) is 1. The Kier molecular flexibility index (Phi) is 4.12. The van der Waals surface area contributed by atoms with Gasteiger partial charge in [0, 0.05) is 0 Å². The molecule has 0 aromatic heterocycles. The topological polar surface area (TPSA) is 69.4 Å². The third-order valence-corrected chi connectivity index (χ3v) is 2.07. The summed E-state index contributed by atoms with van der Waals surface area (Å²) >= 11 is 5.77. The summed E-state index contributed by atoms with van der Waals surface area (Å²) in [5.74, 6) is -0.0940. The molecule has 15 heavy (non-hydrogen) atoms. The van der Waals surface area contributed by atoms with Crippen LogP contribution in [-0.4, -0.2) is 18.8 Å². The van der Waals surface area contributed by atoms with Crippen LogP contribution in [0.25, 0.3) is 0 Å². The zero-order valence-electron chi connectivity index (χ0n) is 7.90. The van der Waals surface area contributed by atoms with Gasteiger partial charge in [0.2, 0.25) is 5.91 Å². The van der Waals surface area contributed by atoms with Gasteiger partial charge in [0.25, 0.3) is 0 Å². The number of halogens is 1. The second-order valence-corrected chi connectivity index (χ2v) is 3.24. The van der Waals surface area contributed by atoms with Gasteiger partial charge in [-0.3, -0.25) is 9.59 Å². The second-order valence-electron chi connectivity index (χ2n) is 2.83. The van der Waals surface area contributed by atoms with Crippen LogP contribution in [0.4, 0.5) is 0 Å².